The summed E-state index contributed by atoms with van der Waals surface area (Å²) in [5.41, 5.74) is 2.71. The minimum atomic E-state index is 0.0740. The molecule has 0 aliphatic carbocycles. The molecule has 0 saturated carbocycles. The van der Waals surface area contributed by atoms with Crippen molar-refractivity contribution in [1.82, 2.24) is 5.43 Å². The topological polar surface area (TPSA) is 47.3 Å². The molecule has 0 heterocycles. The van der Waals surface area contributed by atoms with Gasteiger partial charge in [0.1, 0.15) is 0 Å². The van der Waals surface area contributed by atoms with Crippen LogP contribution in [0.15, 0.2) is 0 Å². The lowest BCUT2D eigenvalue weighted by molar-refractivity contribution is 0.0293. The van der Waals surface area contributed by atoms with E-state index in [1.54, 1.807) is 0 Å². The van der Waals surface area contributed by atoms with Crippen molar-refractivity contribution in [1.29, 1.82) is 0 Å². The second-order valence-electron chi connectivity index (χ2n) is 2.96. The van der Waals surface area contributed by atoms with Crippen LogP contribution in [-0.4, -0.2) is 18.8 Å². The lowest BCUT2D eigenvalue weighted by Gasteiger charge is -2.24. The molecule has 0 bridgehead atoms. The molecule has 0 aliphatic rings. The first kappa shape index (κ1) is 12.4. The number of hydrogen-bond acceptors (Lipinski definition) is 3. The summed E-state index contributed by atoms with van der Waals surface area (Å²) >= 11 is 0. The molecule has 0 amide bonds. The molecule has 0 rings (SSSR count). The number of hydrogen-bond donors (Lipinski definition) is 2. The summed E-state index contributed by atoms with van der Waals surface area (Å²) in [7, 11) is 0. The van der Waals surface area contributed by atoms with Crippen LogP contribution in [0, 0.1) is 12.3 Å². The van der Waals surface area contributed by atoms with Gasteiger partial charge >= 0.3 is 0 Å². The molecule has 0 fully saturated rings. The van der Waals surface area contributed by atoms with Crippen LogP contribution in [0.5, 0.6) is 0 Å². The van der Waals surface area contributed by atoms with Crippen molar-refractivity contribution in [3.05, 3.63) is 0 Å². The van der Waals surface area contributed by atoms with Crippen LogP contribution in [0.25, 0.3) is 0 Å². The first-order valence-corrected chi connectivity index (χ1v) is 4.81. The summed E-state index contributed by atoms with van der Waals surface area (Å²) in [6.45, 7) is 4.80. The first-order chi connectivity index (χ1) is 6.29. The smallest absolute Gasteiger partial charge is 0.0750 e. The van der Waals surface area contributed by atoms with Crippen LogP contribution >= 0.6 is 0 Å². The monoisotopic (exact) mass is 184 g/mol. The van der Waals surface area contributed by atoms with Crippen molar-refractivity contribution in [3.63, 3.8) is 0 Å². The number of nitrogens with one attached hydrogen (secondary N) is 1. The second kappa shape index (κ2) is 8.06. The number of hydrazine groups is 1. The van der Waals surface area contributed by atoms with Gasteiger partial charge in [0.2, 0.25) is 0 Å². The maximum absolute atomic E-state index is 5.55. The Bertz CT molecular complexity index is 147. The summed E-state index contributed by atoms with van der Waals surface area (Å²) in [5, 5.41) is 0. The minimum absolute atomic E-state index is 0.0740. The fraction of sp³-hybridized carbons (Fsp3) is 0.800. The van der Waals surface area contributed by atoms with Crippen LogP contribution in [0.1, 0.15) is 33.1 Å². The lowest BCUT2D eigenvalue weighted by Crippen LogP contribution is -2.45. The number of nitrogens with two attached hydrogens (primary N) is 1. The Morgan fingerprint density at radius 3 is 2.62 bits per heavy atom. The van der Waals surface area contributed by atoms with E-state index >= 15 is 0 Å². The molecule has 0 spiro atoms. The number of ether oxygens (including phenoxy) is 1. The average molecular weight is 184 g/mol. The maximum atomic E-state index is 5.55. The molecule has 0 aromatic rings. The predicted octanol–water partition coefficient (Wildman–Crippen LogP) is 1.05. The Balaban J connectivity index is 4.04. The highest BCUT2D eigenvalue weighted by atomic mass is 16.5. The molecule has 0 saturated heterocycles. The normalized spacial score (nSPS) is 14.9. The van der Waals surface area contributed by atoms with E-state index in [2.05, 4.69) is 18.3 Å². The molecule has 2 unspecified atom stereocenters. The quantitative estimate of drug-likeness (QED) is 0.353. The van der Waals surface area contributed by atoms with E-state index in [0.29, 0.717) is 13.0 Å². The highest BCUT2D eigenvalue weighted by Gasteiger charge is 2.18. The van der Waals surface area contributed by atoms with Gasteiger partial charge in [-0.25, -0.2) is 0 Å². The zero-order valence-electron chi connectivity index (χ0n) is 8.55. The molecular weight excluding hydrogens is 164 g/mol. The van der Waals surface area contributed by atoms with E-state index < -0.39 is 0 Å². The van der Waals surface area contributed by atoms with Gasteiger partial charge in [-0.1, -0.05) is 13.3 Å². The third-order valence-electron chi connectivity index (χ3n) is 1.95. The Labute approximate surface area is 81.0 Å². The van der Waals surface area contributed by atoms with Crippen LogP contribution in [0.4, 0.5) is 0 Å². The SMILES string of the molecule is C#CCC(NN)C(CCC)OCC. The zero-order valence-corrected chi connectivity index (χ0v) is 8.55. The van der Waals surface area contributed by atoms with Crippen molar-refractivity contribution in [2.45, 2.75) is 45.3 Å². The van der Waals surface area contributed by atoms with Gasteiger partial charge < -0.3 is 4.74 Å². The first-order valence-electron chi connectivity index (χ1n) is 4.81. The molecule has 0 radical (unpaired) electrons. The third kappa shape index (κ3) is 4.89. The van der Waals surface area contributed by atoms with E-state index in [9.17, 15) is 0 Å². The maximum Gasteiger partial charge on any atom is 0.0750 e. The van der Waals surface area contributed by atoms with E-state index in [1.807, 2.05) is 6.92 Å². The van der Waals surface area contributed by atoms with Gasteiger partial charge in [-0.3, -0.25) is 11.3 Å². The molecule has 3 nitrogen and oxygen atoms in total. The summed E-state index contributed by atoms with van der Waals surface area (Å²) < 4.78 is 5.55. The zero-order chi connectivity index (χ0) is 10.1. The van der Waals surface area contributed by atoms with E-state index in [0.717, 1.165) is 12.8 Å². The van der Waals surface area contributed by atoms with Crippen molar-refractivity contribution in [2.75, 3.05) is 6.61 Å². The van der Waals surface area contributed by atoms with Gasteiger partial charge in [-0.2, -0.15) is 0 Å². The predicted molar refractivity (Wildman–Crippen MR) is 54.9 cm³/mol. The van der Waals surface area contributed by atoms with Crippen molar-refractivity contribution in [3.8, 4) is 12.3 Å². The van der Waals surface area contributed by atoms with Gasteiger partial charge in [0, 0.05) is 13.0 Å². The van der Waals surface area contributed by atoms with Gasteiger partial charge in [0.15, 0.2) is 0 Å². The Morgan fingerprint density at radius 1 is 1.54 bits per heavy atom. The highest BCUT2D eigenvalue weighted by molar-refractivity contribution is 4.92. The summed E-state index contributed by atoms with van der Waals surface area (Å²) in [5.74, 6) is 7.99. The van der Waals surface area contributed by atoms with Crippen LogP contribution in [0.3, 0.4) is 0 Å². The molecule has 13 heavy (non-hydrogen) atoms. The minimum Gasteiger partial charge on any atom is -0.377 e. The second-order valence-corrected chi connectivity index (χ2v) is 2.96. The van der Waals surface area contributed by atoms with Crippen LogP contribution in [-0.2, 0) is 4.74 Å². The van der Waals surface area contributed by atoms with Gasteiger partial charge in [-0.15, -0.1) is 12.3 Å². The Kier molecular flexibility index (Phi) is 7.71. The summed E-state index contributed by atoms with van der Waals surface area (Å²) in [6.07, 6.45) is 8.05. The van der Waals surface area contributed by atoms with Gasteiger partial charge in [0.25, 0.3) is 0 Å². The Morgan fingerprint density at radius 2 is 2.23 bits per heavy atom. The number of rotatable bonds is 7. The standard InChI is InChI=1S/C10H20N2O/c1-4-7-9(12-11)10(8-5-2)13-6-3/h1,9-10,12H,5-8,11H2,2-3H3. The molecule has 0 aliphatic heterocycles. The van der Waals surface area contributed by atoms with Crippen LogP contribution in [0.2, 0.25) is 0 Å². The van der Waals surface area contributed by atoms with E-state index in [1.165, 1.54) is 0 Å². The van der Waals surface area contributed by atoms with E-state index in [4.69, 9.17) is 17.0 Å². The van der Waals surface area contributed by atoms with Crippen molar-refractivity contribution < 1.29 is 4.74 Å². The molecule has 2 atom stereocenters. The Hall–Kier alpha value is -0.560. The molecule has 0 aromatic carbocycles. The van der Waals surface area contributed by atoms with Crippen molar-refractivity contribution in [2.24, 2.45) is 5.84 Å². The van der Waals surface area contributed by atoms with Crippen LogP contribution < -0.4 is 11.3 Å². The molecule has 0 aromatic heterocycles. The fourth-order valence-electron chi connectivity index (χ4n) is 1.32. The summed E-state index contributed by atoms with van der Waals surface area (Å²) in [4.78, 5) is 0. The molecule has 76 valence electrons. The average Bonchev–Trinajstić information content (AvgIpc) is 2.14. The third-order valence-corrected chi connectivity index (χ3v) is 1.95. The van der Waals surface area contributed by atoms with Gasteiger partial charge in [-0.05, 0) is 13.3 Å². The largest absolute Gasteiger partial charge is 0.377 e. The van der Waals surface area contributed by atoms with Gasteiger partial charge in [0.05, 0.1) is 12.1 Å². The fourth-order valence-corrected chi connectivity index (χ4v) is 1.32. The number of terminal acetylenes is 1. The lowest BCUT2D eigenvalue weighted by atomic mass is 10.0. The molecule has 3 heteroatoms. The van der Waals surface area contributed by atoms with E-state index in [-0.39, 0.29) is 12.1 Å². The highest BCUT2D eigenvalue weighted by Crippen LogP contribution is 2.09. The molecule has 3 N–H and O–H groups in total. The molecular formula is C10H20N2O. The summed E-state index contributed by atoms with van der Waals surface area (Å²) in [6, 6.07) is 0.0740. The van der Waals surface area contributed by atoms with Crippen molar-refractivity contribution >= 4 is 0 Å².